The Bertz CT molecular complexity index is 2090. The quantitative estimate of drug-likeness (QED) is 0.301. The molecule has 1 heteroatoms. The topological polar surface area (TPSA) is 3.24 Å². The lowest BCUT2D eigenvalue weighted by atomic mass is 9.70. The summed E-state index contributed by atoms with van der Waals surface area (Å²) in [5.41, 5.74) is 17.2. The van der Waals surface area contributed by atoms with Crippen LogP contribution in [-0.4, -0.2) is 6.04 Å². The first kappa shape index (κ1) is 31.1. The molecule has 9 rings (SSSR count). The van der Waals surface area contributed by atoms with Gasteiger partial charge in [-0.3, -0.25) is 0 Å². The Hall–Kier alpha value is -4.88. The van der Waals surface area contributed by atoms with Gasteiger partial charge in [-0.25, -0.2) is 0 Å². The molecule has 0 fully saturated rings. The van der Waals surface area contributed by atoms with Crippen molar-refractivity contribution in [2.24, 2.45) is 5.92 Å². The lowest BCUT2D eigenvalue weighted by Crippen LogP contribution is -2.35. The Kier molecular flexibility index (Phi) is 8.37. The van der Waals surface area contributed by atoms with Crippen molar-refractivity contribution in [1.82, 2.24) is 0 Å². The standard InChI is InChI=1S/C49H47N/c1-34-31-39(26-29-41(34)48-32-37(35-15-5-2-6-16-35)25-28-42(48)36-17-7-3-8-18-36)50(38-19-9-4-10-20-38)40-27-30-47-45-23-12-11-21-43(45)44-22-13-14-24-46(44)49(47)33-40/h2,4-7,9,11-15,17-19,21-24,27,29-33,35,39,43,45H,3,8,10,16,20,25-26,28H2,1H3. The highest BCUT2D eigenvalue weighted by molar-refractivity contribution is 5.80. The molecule has 0 N–H and O–H groups in total. The molecule has 248 valence electrons. The third-order valence-corrected chi connectivity index (χ3v) is 11.9. The molecule has 0 aliphatic heterocycles. The molecular weight excluding hydrogens is 603 g/mol. The highest BCUT2D eigenvalue weighted by Crippen LogP contribution is 2.51. The Labute approximate surface area is 298 Å². The zero-order valence-electron chi connectivity index (χ0n) is 29.3. The molecule has 0 saturated heterocycles. The molecule has 0 aromatic heterocycles. The maximum absolute atomic E-state index is 2.66. The number of hydrogen-bond acceptors (Lipinski definition) is 1. The highest BCUT2D eigenvalue weighted by Gasteiger charge is 2.33. The third kappa shape index (κ3) is 5.67. The summed E-state index contributed by atoms with van der Waals surface area (Å²) in [7, 11) is 0. The number of benzene rings is 2. The van der Waals surface area contributed by atoms with Gasteiger partial charge in [0.1, 0.15) is 0 Å². The first-order valence-corrected chi connectivity index (χ1v) is 19.0. The number of allylic oxidation sites excluding steroid dienone is 22. The summed E-state index contributed by atoms with van der Waals surface area (Å²) in [6.45, 7) is 2.36. The lowest BCUT2D eigenvalue weighted by Gasteiger charge is -2.39. The van der Waals surface area contributed by atoms with Crippen LogP contribution in [-0.2, 0) is 0 Å². The van der Waals surface area contributed by atoms with E-state index >= 15 is 0 Å². The van der Waals surface area contributed by atoms with Crippen molar-refractivity contribution >= 4 is 5.69 Å². The van der Waals surface area contributed by atoms with Gasteiger partial charge >= 0.3 is 0 Å². The van der Waals surface area contributed by atoms with Gasteiger partial charge in [0.05, 0.1) is 6.04 Å². The molecule has 0 heterocycles. The van der Waals surface area contributed by atoms with E-state index in [4.69, 9.17) is 0 Å². The predicted molar refractivity (Wildman–Crippen MR) is 212 cm³/mol. The van der Waals surface area contributed by atoms with Crippen molar-refractivity contribution in [3.05, 3.63) is 196 Å². The first-order valence-electron chi connectivity index (χ1n) is 19.0. The van der Waals surface area contributed by atoms with Crippen LogP contribution in [0, 0.1) is 5.92 Å². The van der Waals surface area contributed by atoms with Crippen molar-refractivity contribution in [3.63, 3.8) is 0 Å². The van der Waals surface area contributed by atoms with E-state index in [1.165, 1.54) is 61.5 Å². The fourth-order valence-corrected chi connectivity index (χ4v) is 9.44. The maximum atomic E-state index is 2.66. The van der Waals surface area contributed by atoms with Crippen molar-refractivity contribution < 1.29 is 0 Å². The normalized spacial score (nSPS) is 26.3. The van der Waals surface area contributed by atoms with E-state index in [0.717, 1.165) is 51.4 Å². The SMILES string of the molecule is CC1=CC(N(C2=CC=CCC2)c2ccc3c(c2)-c2ccccc2C2C=CC=CC32)CC=C1C1=C(C2=CCCC=C2)CCC(C2C=CC=CC2)=C1. The van der Waals surface area contributed by atoms with Crippen LogP contribution >= 0.6 is 0 Å². The molecular formula is C49H47N. The van der Waals surface area contributed by atoms with E-state index in [9.17, 15) is 0 Å². The largest absolute Gasteiger partial charge is 0.338 e. The summed E-state index contributed by atoms with van der Waals surface area (Å²) in [6, 6.07) is 16.7. The van der Waals surface area contributed by atoms with Crippen molar-refractivity contribution in [3.8, 4) is 11.1 Å². The van der Waals surface area contributed by atoms with Crippen LogP contribution in [0.25, 0.3) is 11.1 Å². The van der Waals surface area contributed by atoms with E-state index in [1.54, 1.807) is 5.57 Å². The van der Waals surface area contributed by atoms with Gasteiger partial charge in [0.15, 0.2) is 0 Å². The molecule has 2 aromatic rings. The number of fused-ring (bicyclic) bond motifs is 6. The van der Waals surface area contributed by atoms with E-state index in [0.29, 0.717) is 17.8 Å². The molecule has 2 aromatic carbocycles. The average molecular weight is 650 g/mol. The van der Waals surface area contributed by atoms with Crippen molar-refractivity contribution in [2.75, 3.05) is 4.90 Å². The van der Waals surface area contributed by atoms with E-state index in [-0.39, 0.29) is 6.04 Å². The molecule has 0 radical (unpaired) electrons. The van der Waals surface area contributed by atoms with E-state index in [2.05, 4.69) is 158 Å². The van der Waals surface area contributed by atoms with Gasteiger partial charge in [-0.15, -0.1) is 0 Å². The summed E-state index contributed by atoms with van der Waals surface area (Å²) in [5.74, 6) is 1.31. The van der Waals surface area contributed by atoms with Crippen molar-refractivity contribution in [2.45, 2.75) is 76.2 Å². The highest BCUT2D eigenvalue weighted by atomic mass is 15.2. The Morgan fingerprint density at radius 1 is 0.700 bits per heavy atom. The Morgan fingerprint density at radius 2 is 1.56 bits per heavy atom. The molecule has 1 nitrogen and oxygen atoms in total. The predicted octanol–water partition coefficient (Wildman–Crippen LogP) is 12.8. The molecule has 50 heavy (non-hydrogen) atoms. The lowest BCUT2D eigenvalue weighted by molar-refractivity contribution is 0.696. The van der Waals surface area contributed by atoms with Crippen molar-refractivity contribution in [1.29, 1.82) is 0 Å². The van der Waals surface area contributed by atoms with Gasteiger partial charge in [0, 0.05) is 29.1 Å². The molecule has 7 aliphatic rings. The minimum Gasteiger partial charge on any atom is -0.338 e. The molecule has 7 aliphatic carbocycles. The minimum absolute atomic E-state index is 0.259. The molecule has 4 atom stereocenters. The summed E-state index contributed by atoms with van der Waals surface area (Å²) >= 11 is 0. The van der Waals surface area contributed by atoms with Gasteiger partial charge in [-0.2, -0.15) is 0 Å². The van der Waals surface area contributed by atoms with Gasteiger partial charge in [0.25, 0.3) is 0 Å². The Balaban J connectivity index is 1.10. The number of hydrogen-bond donors (Lipinski definition) is 0. The third-order valence-electron chi connectivity index (χ3n) is 11.9. The monoisotopic (exact) mass is 649 g/mol. The summed E-state index contributed by atoms with van der Waals surface area (Å²) in [6.07, 6.45) is 49.1. The van der Waals surface area contributed by atoms with Crippen LogP contribution in [0.4, 0.5) is 5.69 Å². The van der Waals surface area contributed by atoms with Crippen LogP contribution in [0.2, 0.25) is 0 Å². The number of nitrogens with zero attached hydrogens (tertiary/aromatic N) is 1. The van der Waals surface area contributed by atoms with E-state index in [1.807, 2.05) is 0 Å². The molecule has 0 amide bonds. The average Bonchev–Trinajstić information content (AvgIpc) is 3.19. The second-order valence-corrected chi connectivity index (χ2v) is 14.9. The molecule has 0 spiro atoms. The fraction of sp³-hybridized carbons (Fsp3) is 0.265. The van der Waals surface area contributed by atoms with Crippen LogP contribution in [0.15, 0.2) is 185 Å². The second-order valence-electron chi connectivity index (χ2n) is 14.9. The second kappa shape index (κ2) is 13.4. The summed E-state index contributed by atoms with van der Waals surface area (Å²) < 4.78 is 0. The zero-order chi connectivity index (χ0) is 33.4. The van der Waals surface area contributed by atoms with Crippen LogP contribution in [0.5, 0.6) is 0 Å². The van der Waals surface area contributed by atoms with Gasteiger partial charge in [0.2, 0.25) is 0 Å². The van der Waals surface area contributed by atoms with Crippen LogP contribution in [0.3, 0.4) is 0 Å². The molecule has 0 bridgehead atoms. The molecule has 4 unspecified atom stereocenters. The van der Waals surface area contributed by atoms with Gasteiger partial charge < -0.3 is 4.90 Å². The number of anilines is 1. The van der Waals surface area contributed by atoms with Gasteiger partial charge in [-0.05, 0) is 127 Å². The van der Waals surface area contributed by atoms with Gasteiger partial charge in [-0.1, -0.05) is 133 Å². The summed E-state index contributed by atoms with van der Waals surface area (Å²) in [4.78, 5) is 2.66. The number of rotatable bonds is 6. The smallest absolute Gasteiger partial charge is 0.0559 e. The fourth-order valence-electron chi connectivity index (χ4n) is 9.44. The Morgan fingerprint density at radius 3 is 2.34 bits per heavy atom. The minimum atomic E-state index is 0.259. The first-order chi connectivity index (χ1) is 24.7. The maximum Gasteiger partial charge on any atom is 0.0559 e. The summed E-state index contributed by atoms with van der Waals surface area (Å²) in [5, 5.41) is 0. The van der Waals surface area contributed by atoms with Crippen LogP contribution in [0.1, 0.15) is 81.3 Å². The molecule has 0 saturated carbocycles. The van der Waals surface area contributed by atoms with Crippen LogP contribution < -0.4 is 4.90 Å². The zero-order valence-corrected chi connectivity index (χ0v) is 29.3. The van der Waals surface area contributed by atoms with E-state index < -0.39 is 0 Å².